The van der Waals surface area contributed by atoms with Gasteiger partial charge >= 0.3 is 0 Å². The third-order valence-electron chi connectivity index (χ3n) is 3.16. The van der Waals surface area contributed by atoms with Crippen molar-refractivity contribution in [3.8, 4) is 0 Å². The molecule has 1 N–H and O–H groups in total. The lowest BCUT2D eigenvalue weighted by Crippen LogP contribution is -2.34. The summed E-state index contributed by atoms with van der Waals surface area (Å²) in [7, 11) is 0. The molecule has 2 nitrogen and oxygen atoms in total. The summed E-state index contributed by atoms with van der Waals surface area (Å²) in [4.78, 5) is 4.76. The lowest BCUT2D eigenvalue weighted by molar-refractivity contribution is 0.546. The van der Waals surface area contributed by atoms with Crippen molar-refractivity contribution in [1.29, 1.82) is 0 Å². The van der Waals surface area contributed by atoms with Crippen LogP contribution < -0.4 is 5.32 Å². The molecule has 0 saturated carbocycles. The SMILES string of the molecule is CCCNC(CSC)Cc1ccc2ccccc2n1. The normalized spacial score (nSPS) is 12.7. The molecule has 19 heavy (non-hydrogen) atoms. The maximum Gasteiger partial charge on any atom is 0.0705 e. The summed E-state index contributed by atoms with van der Waals surface area (Å²) >= 11 is 1.89. The lowest BCUT2D eigenvalue weighted by atomic mass is 10.1. The van der Waals surface area contributed by atoms with E-state index in [2.05, 4.69) is 48.8 Å². The Bertz CT molecular complexity index is 513. The van der Waals surface area contributed by atoms with Gasteiger partial charge in [0.2, 0.25) is 0 Å². The smallest absolute Gasteiger partial charge is 0.0705 e. The number of nitrogens with zero attached hydrogens (tertiary/aromatic N) is 1. The van der Waals surface area contributed by atoms with Crippen LogP contribution in [0, 0.1) is 0 Å². The van der Waals surface area contributed by atoms with Gasteiger partial charge in [0.25, 0.3) is 0 Å². The molecule has 0 aliphatic heterocycles. The molecular formula is C16H22N2S. The largest absolute Gasteiger partial charge is 0.313 e. The molecule has 1 aromatic heterocycles. The van der Waals surface area contributed by atoms with E-state index in [4.69, 9.17) is 4.98 Å². The zero-order valence-corrected chi connectivity index (χ0v) is 12.5. The van der Waals surface area contributed by atoms with Crippen molar-refractivity contribution < 1.29 is 0 Å². The Labute approximate surface area is 120 Å². The summed E-state index contributed by atoms with van der Waals surface area (Å²) in [6, 6.07) is 13.2. The molecule has 0 saturated heterocycles. The van der Waals surface area contributed by atoms with E-state index in [-0.39, 0.29) is 0 Å². The number of pyridine rings is 1. The highest BCUT2D eigenvalue weighted by Crippen LogP contribution is 2.13. The van der Waals surface area contributed by atoms with Gasteiger partial charge in [-0.2, -0.15) is 11.8 Å². The van der Waals surface area contributed by atoms with E-state index >= 15 is 0 Å². The molecule has 102 valence electrons. The molecule has 3 heteroatoms. The Hall–Kier alpha value is -1.06. The molecule has 0 aliphatic rings. The minimum absolute atomic E-state index is 0.517. The van der Waals surface area contributed by atoms with Gasteiger partial charge < -0.3 is 5.32 Å². The highest BCUT2D eigenvalue weighted by atomic mass is 32.2. The van der Waals surface area contributed by atoms with Crippen LogP contribution in [0.1, 0.15) is 19.0 Å². The van der Waals surface area contributed by atoms with Crippen molar-refractivity contribution in [2.45, 2.75) is 25.8 Å². The third kappa shape index (κ3) is 4.22. The summed E-state index contributed by atoms with van der Waals surface area (Å²) in [6.07, 6.45) is 4.34. The standard InChI is InChI=1S/C16H22N2S/c1-3-10-17-15(12-19-2)11-14-9-8-13-6-4-5-7-16(13)18-14/h4-9,15,17H,3,10-12H2,1-2H3. The Kier molecular flexibility index (Phi) is 5.67. The highest BCUT2D eigenvalue weighted by Gasteiger charge is 2.09. The number of para-hydroxylation sites is 1. The van der Waals surface area contributed by atoms with Crippen LogP contribution in [-0.4, -0.2) is 29.6 Å². The summed E-state index contributed by atoms with van der Waals surface area (Å²) < 4.78 is 0. The van der Waals surface area contributed by atoms with Crippen molar-refractivity contribution >= 4 is 22.7 Å². The summed E-state index contributed by atoms with van der Waals surface area (Å²) in [5.41, 5.74) is 2.28. The molecule has 0 spiro atoms. The van der Waals surface area contributed by atoms with Crippen LogP contribution in [0.5, 0.6) is 0 Å². The van der Waals surface area contributed by atoms with Gasteiger partial charge in [-0.3, -0.25) is 4.98 Å². The fraction of sp³-hybridized carbons (Fsp3) is 0.438. The van der Waals surface area contributed by atoms with Crippen molar-refractivity contribution in [3.05, 3.63) is 42.1 Å². The Morgan fingerprint density at radius 2 is 2.05 bits per heavy atom. The molecule has 1 atom stereocenters. The van der Waals surface area contributed by atoms with Crippen LogP contribution in [0.15, 0.2) is 36.4 Å². The number of hydrogen-bond acceptors (Lipinski definition) is 3. The maximum atomic E-state index is 4.76. The van der Waals surface area contributed by atoms with Crippen molar-refractivity contribution in [2.75, 3.05) is 18.6 Å². The van der Waals surface area contributed by atoms with Gasteiger partial charge in [0, 0.05) is 29.3 Å². The Morgan fingerprint density at radius 3 is 2.84 bits per heavy atom. The van der Waals surface area contributed by atoms with Gasteiger partial charge in [-0.15, -0.1) is 0 Å². The zero-order valence-electron chi connectivity index (χ0n) is 11.7. The quantitative estimate of drug-likeness (QED) is 0.836. The molecule has 2 aromatic rings. The highest BCUT2D eigenvalue weighted by molar-refractivity contribution is 7.98. The molecule has 0 bridgehead atoms. The molecule has 0 radical (unpaired) electrons. The molecule has 0 fully saturated rings. The van der Waals surface area contributed by atoms with E-state index in [1.54, 1.807) is 0 Å². The van der Waals surface area contributed by atoms with Crippen LogP contribution in [0.3, 0.4) is 0 Å². The predicted molar refractivity (Wildman–Crippen MR) is 85.9 cm³/mol. The second-order valence-corrected chi connectivity index (χ2v) is 5.72. The summed E-state index contributed by atoms with van der Waals surface area (Å²) in [5.74, 6) is 1.13. The third-order valence-corrected chi connectivity index (χ3v) is 3.90. The summed E-state index contributed by atoms with van der Waals surface area (Å²) in [5, 5.41) is 4.82. The first-order valence-electron chi connectivity index (χ1n) is 6.90. The van der Waals surface area contributed by atoms with Crippen LogP contribution >= 0.6 is 11.8 Å². The average Bonchev–Trinajstić information content (AvgIpc) is 2.45. The summed E-state index contributed by atoms with van der Waals surface area (Å²) in [6.45, 7) is 3.29. The monoisotopic (exact) mass is 274 g/mol. The first-order chi connectivity index (χ1) is 9.33. The van der Waals surface area contributed by atoms with E-state index < -0.39 is 0 Å². The predicted octanol–water partition coefficient (Wildman–Crippen LogP) is 3.51. The lowest BCUT2D eigenvalue weighted by Gasteiger charge is -2.17. The van der Waals surface area contributed by atoms with Crippen LogP contribution in [0.2, 0.25) is 0 Å². The van der Waals surface area contributed by atoms with Crippen molar-refractivity contribution in [3.63, 3.8) is 0 Å². The number of thioether (sulfide) groups is 1. The van der Waals surface area contributed by atoms with E-state index in [0.29, 0.717) is 6.04 Å². The van der Waals surface area contributed by atoms with E-state index in [0.717, 1.165) is 24.2 Å². The molecular weight excluding hydrogens is 252 g/mol. The molecule has 2 rings (SSSR count). The number of hydrogen-bond donors (Lipinski definition) is 1. The van der Waals surface area contributed by atoms with E-state index in [1.165, 1.54) is 17.5 Å². The zero-order chi connectivity index (χ0) is 13.5. The fourth-order valence-electron chi connectivity index (χ4n) is 2.21. The van der Waals surface area contributed by atoms with Gasteiger partial charge in [0.1, 0.15) is 0 Å². The molecule has 1 aromatic carbocycles. The molecule has 0 aliphatic carbocycles. The average molecular weight is 274 g/mol. The van der Waals surface area contributed by atoms with Crippen LogP contribution in [0.4, 0.5) is 0 Å². The fourth-order valence-corrected chi connectivity index (χ4v) is 2.85. The second kappa shape index (κ2) is 7.51. The van der Waals surface area contributed by atoms with Gasteiger partial charge in [-0.25, -0.2) is 0 Å². The first kappa shape index (κ1) is 14.4. The van der Waals surface area contributed by atoms with Crippen LogP contribution in [-0.2, 0) is 6.42 Å². The number of benzene rings is 1. The Morgan fingerprint density at radius 1 is 1.21 bits per heavy atom. The second-order valence-electron chi connectivity index (χ2n) is 4.81. The first-order valence-corrected chi connectivity index (χ1v) is 8.30. The van der Waals surface area contributed by atoms with E-state index in [9.17, 15) is 0 Å². The van der Waals surface area contributed by atoms with Crippen LogP contribution in [0.25, 0.3) is 10.9 Å². The van der Waals surface area contributed by atoms with Gasteiger partial charge in [-0.05, 0) is 31.4 Å². The van der Waals surface area contributed by atoms with Crippen molar-refractivity contribution in [1.82, 2.24) is 10.3 Å². The molecule has 1 unspecified atom stereocenters. The molecule has 1 heterocycles. The number of nitrogens with one attached hydrogen (secondary N) is 1. The van der Waals surface area contributed by atoms with E-state index in [1.807, 2.05) is 17.8 Å². The Balaban J connectivity index is 2.09. The minimum atomic E-state index is 0.517. The van der Waals surface area contributed by atoms with Gasteiger partial charge in [0.05, 0.1) is 5.52 Å². The van der Waals surface area contributed by atoms with Gasteiger partial charge in [-0.1, -0.05) is 31.2 Å². The van der Waals surface area contributed by atoms with Gasteiger partial charge in [0.15, 0.2) is 0 Å². The minimum Gasteiger partial charge on any atom is -0.313 e. The topological polar surface area (TPSA) is 24.9 Å². The molecule has 0 amide bonds. The maximum absolute atomic E-state index is 4.76. The number of aromatic nitrogens is 1. The van der Waals surface area contributed by atoms with Crippen molar-refractivity contribution in [2.24, 2.45) is 0 Å². The number of rotatable bonds is 7. The number of fused-ring (bicyclic) bond motifs is 1.